The number of rotatable bonds is 4. The predicted octanol–water partition coefficient (Wildman–Crippen LogP) is 1.13. The van der Waals surface area contributed by atoms with Gasteiger partial charge in [0.05, 0.1) is 6.61 Å². The minimum Gasteiger partial charge on any atom is -0.450 e. The van der Waals surface area contributed by atoms with E-state index in [1.54, 1.807) is 4.90 Å². The molecule has 0 aliphatic carbocycles. The molecule has 0 bridgehead atoms. The average molecular weight is 280 g/mol. The standard InChI is InChI=1S/C12H25N3O2.ClH/c1-5-17-12(16)15-8-6-14(7-9-15)11(2)10-13(3)4;/h11H,5-10H2,1-4H3;1H. The summed E-state index contributed by atoms with van der Waals surface area (Å²) in [4.78, 5) is 17.9. The third-order valence-corrected chi connectivity index (χ3v) is 3.09. The maximum absolute atomic E-state index is 11.5. The Kier molecular flexibility index (Phi) is 8.31. The van der Waals surface area contributed by atoms with Gasteiger partial charge in [0.2, 0.25) is 0 Å². The largest absolute Gasteiger partial charge is 0.450 e. The Morgan fingerprint density at radius 1 is 1.28 bits per heavy atom. The second kappa shape index (κ2) is 8.56. The fourth-order valence-corrected chi connectivity index (χ4v) is 2.20. The van der Waals surface area contributed by atoms with Gasteiger partial charge in [-0.05, 0) is 27.9 Å². The Hall–Kier alpha value is -0.520. The van der Waals surface area contributed by atoms with Gasteiger partial charge in [0, 0.05) is 38.8 Å². The minimum absolute atomic E-state index is 0. The van der Waals surface area contributed by atoms with Gasteiger partial charge >= 0.3 is 6.09 Å². The van der Waals surface area contributed by atoms with Crippen molar-refractivity contribution in [3.8, 4) is 0 Å². The van der Waals surface area contributed by atoms with Crippen molar-refractivity contribution in [3.05, 3.63) is 0 Å². The molecule has 1 aliphatic rings. The van der Waals surface area contributed by atoms with E-state index in [4.69, 9.17) is 4.74 Å². The van der Waals surface area contributed by atoms with Crippen molar-refractivity contribution in [3.63, 3.8) is 0 Å². The van der Waals surface area contributed by atoms with Gasteiger partial charge in [-0.15, -0.1) is 12.4 Å². The zero-order valence-corrected chi connectivity index (χ0v) is 12.7. The summed E-state index contributed by atoms with van der Waals surface area (Å²) in [6.45, 7) is 9.01. The maximum Gasteiger partial charge on any atom is 0.409 e. The number of amides is 1. The number of likely N-dealkylation sites (N-methyl/N-ethyl adjacent to an activating group) is 1. The van der Waals surface area contributed by atoms with Crippen LogP contribution in [0.4, 0.5) is 4.79 Å². The lowest BCUT2D eigenvalue weighted by Gasteiger charge is -2.38. The SMILES string of the molecule is CCOC(=O)N1CCN(C(C)CN(C)C)CC1.Cl. The van der Waals surface area contributed by atoms with E-state index in [1.807, 2.05) is 6.92 Å². The molecule has 18 heavy (non-hydrogen) atoms. The number of halogens is 1. The molecule has 0 aromatic rings. The normalized spacial score (nSPS) is 18.4. The molecule has 1 unspecified atom stereocenters. The van der Waals surface area contributed by atoms with Crippen LogP contribution in [0, 0.1) is 0 Å². The first-order valence-electron chi connectivity index (χ1n) is 6.35. The molecule has 0 N–H and O–H groups in total. The van der Waals surface area contributed by atoms with Crippen LogP contribution in [0.2, 0.25) is 0 Å². The number of nitrogens with zero attached hydrogens (tertiary/aromatic N) is 3. The molecule has 1 saturated heterocycles. The summed E-state index contributed by atoms with van der Waals surface area (Å²) in [7, 11) is 4.18. The number of hydrogen-bond acceptors (Lipinski definition) is 4. The number of hydrogen-bond donors (Lipinski definition) is 0. The van der Waals surface area contributed by atoms with Crippen molar-refractivity contribution < 1.29 is 9.53 Å². The third kappa shape index (κ3) is 5.42. The van der Waals surface area contributed by atoms with Crippen LogP contribution in [0.3, 0.4) is 0 Å². The van der Waals surface area contributed by atoms with E-state index in [2.05, 4.69) is 30.8 Å². The van der Waals surface area contributed by atoms with Crippen molar-refractivity contribution in [2.45, 2.75) is 19.9 Å². The van der Waals surface area contributed by atoms with Gasteiger partial charge in [-0.25, -0.2) is 4.79 Å². The number of carbonyl (C=O) groups excluding carboxylic acids is 1. The number of piperazine rings is 1. The predicted molar refractivity (Wildman–Crippen MR) is 75.4 cm³/mol. The lowest BCUT2D eigenvalue weighted by Crippen LogP contribution is -2.53. The van der Waals surface area contributed by atoms with Crippen molar-refractivity contribution in [2.75, 3.05) is 53.4 Å². The molecule has 1 amide bonds. The molecular formula is C12H26ClN3O2. The van der Waals surface area contributed by atoms with Crippen molar-refractivity contribution in [1.29, 1.82) is 0 Å². The Labute approximate surface area is 116 Å². The first-order valence-corrected chi connectivity index (χ1v) is 6.35. The van der Waals surface area contributed by atoms with Gasteiger partial charge in [-0.2, -0.15) is 0 Å². The molecule has 1 aliphatic heterocycles. The summed E-state index contributed by atoms with van der Waals surface area (Å²) in [5.74, 6) is 0. The quantitative estimate of drug-likeness (QED) is 0.773. The zero-order valence-electron chi connectivity index (χ0n) is 11.9. The van der Waals surface area contributed by atoms with Crippen LogP contribution in [0.1, 0.15) is 13.8 Å². The second-order valence-electron chi connectivity index (χ2n) is 4.83. The first-order chi connectivity index (χ1) is 8.04. The summed E-state index contributed by atoms with van der Waals surface area (Å²) in [6.07, 6.45) is -0.174. The summed E-state index contributed by atoms with van der Waals surface area (Å²) in [5, 5.41) is 0. The molecule has 1 fully saturated rings. The number of ether oxygens (including phenoxy) is 1. The molecule has 1 atom stereocenters. The van der Waals surface area contributed by atoms with Crippen molar-refractivity contribution in [1.82, 2.24) is 14.7 Å². The smallest absolute Gasteiger partial charge is 0.409 e. The lowest BCUT2D eigenvalue weighted by molar-refractivity contribution is 0.0641. The highest BCUT2D eigenvalue weighted by molar-refractivity contribution is 5.85. The Balaban J connectivity index is 0.00000289. The second-order valence-corrected chi connectivity index (χ2v) is 4.83. The molecule has 0 aromatic carbocycles. The van der Waals surface area contributed by atoms with E-state index in [9.17, 15) is 4.79 Å². The topological polar surface area (TPSA) is 36.0 Å². The summed E-state index contributed by atoms with van der Waals surface area (Å²) in [5.41, 5.74) is 0. The molecule has 0 saturated carbocycles. The lowest BCUT2D eigenvalue weighted by atomic mass is 10.2. The van der Waals surface area contributed by atoms with Gasteiger partial charge in [0.1, 0.15) is 0 Å². The summed E-state index contributed by atoms with van der Waals surface area (Å²) < 4.78 is 5.00. The summed E-state index contributed by atoms with van der Waals surface area (Å²) >= 11 is 0. The van der Waals surface area contributed by atoms with E-state index in [0.717, 1.165) is 32.7 Å². The molecule has 0 spiro atoms. The monoisotopic (exact) mass is 279 g/mol. The first kappa shape index (κ1) is 17.5. The maximum atomic E-state index is 11.5. The van der Waals surface area contributed by atoms with Gasteiger partial charge < -0.3 is 14.5 Å². The highest BCUT2D eigenvalue weighted by atomic mass is 35.5. The van der Waals surface area contributed by atoms with Crippen molar-refractivity contribution >= 4 is 18.5 Å². The van der Waals surface area contributed by atoms with Crippen LogP contribution in [0.25, 0.3) is 0 Å². The Morgan fingerprint density at radius 2 is 1.83 bits per heavy atom. The van der Waals surface area contributed by atoms with Crippen LogP contribution in [-0.2, 0) is 4.74 Å². The Morgan fingerprint density at radius 3 is 2.28 bits per heavy atom. The van der Waals surface area contributed by atoms with Gasteiger partial charge in [-0.1, -0.05) is 0 Å². The fraction of sp³-hybridized carbons (Fsp3) is 0.917. The molecule has 6 heteroatoms. The van der Waals surface area contributed by atoms with Crippen LogP contribution in [-0.4, -0.2) is 80.3 Å². The van der Waals surface area contributed by atoms with E-state index < -0.39 is 0 Å². The fourth-order valence-electron chi connectivity index (χ4n) is 2.20. The van der Waals surface area contributed by atoms with E-state index >= 15 is 0 Å². The average Bonchev–Trinajstić information content (AvgIpc) is 2.28. The van der Waals surface area contributed by atoms with Crippen molar-refractivity contribution in [2.24, 2.45) is 0 Å². The highest BCUT2D eigenvalue weighted by Gasteiger charge is 2.24. The Bertz CT molecular complexity index is 243. The zero-order chi connectivity index (χ0) is 12.8. The van der Waals surface area contributed by atoms with Crippen LogP contribution in [0.5, 0.6) is 0 Å². The third-order valence-electron chi connectivity index (χ3n) is 3.09. The highest BCUT2D eigenvalue weighted by Crippen LogP contribution is 2.08. The van der Waals surface area contributed by atoms with Crippen LogP contribution < -0.4 is 0 Å². The van der Waals surface area contributed by atoms with Gasteiger partial charge in [-0.3, -0.25) is 4.90 Å². The van der Waals surface area contributed by atoms with E-state index in [-0.39, 0.29) is 18.5 Å². The molecule has 1 heterocycles. The van der Waals surface area contributed by atoms with Crippen LogP contribution >= 0.6 is 12.4 Å². The molecule has 0 radical (unpaired) electrons. The molecule has 1 rings (SSSR count). The van der Waals surface area contributed by atoms with Gasteiger partial charge in [0.15, 0.2) is 0 Å². The van der Waals surface area contributed by atoms with Crippen LogP contribution in [0.15, 0.2) is 0 Å². The van der Waals surface area contributed by atoms with Gasteiger partial charge in [0.25, 0.3) is 0 Å². The minimum atomic E-state index is -0.174. The number of carbonyl (C=O) groups is 1. The van der Waals surface area contributed by atoms with E-state index in [1.165, 1.54) is 0 Å². The molecule has 108 valence electrons. The molecular weight excluding hydrogens is 254 g/mol. The van der Waals surface area contributed by atoms with E-state index in [0.29, 0.717) is 12.6 Å². The molecule has 5 nitrogen and oxygen atoms in total. The molecule has 0 aromatic heterocycles. The summed E-state index contributed by atoms with van der Waals surface area (Å²) in [6, 6.07) is 0.536.